The Kier molecular flexibility index (Phi) is 3.62. The second-order valence-electron chi connectivity index (χ2n) is 5.08. The second-order valence-corrected chi connectivity index (χ2v) is 5.08. The van der Waals surface area contributed by atoms with Gasteiger partial charge in [-0.05, 0) is 43.5 Å². The summed E-state index contributed by atoms with van der Waals surface area (Å²) < 4.78 is 2.16. The first-order valence-electron chi connectivity index (χ1n) is 6.44. The van der Waals surface area contributed by atoms with E-state index < -0.39 is 5.97 Å². The third kappa shape index (κ3) is 2.49. The van der Waals surface area contributed by atoms with Crippen LogP contribution in [0.2, 0.25) is 0 Å². The van der Waals surface area contributed by atoms with Gasteiger partial charge < -0.3 is 15.4 Å². The quantitative estimate of drug-likeness (QED) is 0.888. The first-order valence-corrected chi connectivity index (χ1v) is 6.44. The highest BCUT2D eigenvalue weighted by Gasteiger charge is 2.12. The molecule has 0 radical (unpaired) electrons. The molecule has 0 saturated heterocycles. The lowest BCUT2D eigenvalue weighted by Gasteiger charge is -2.11. The number of benzene rings is 1. The molecular weight excluding hydrogens is 240 g/mol. The van der Waals surface area contributed by atoms with Crippen LogP contribution in [0.15, 0.2) is 18.2 Å². The predicted molar refractivity (Wildman–Crippen MR) is 76.2 cm³/mol. The zero-order valence-electron chi connectivity index (χ0n) is 11.6. The number of aryl methyl sites for hydroxylation is 2. The largest absolute Gasteiger partial charge is 0.481 e. The topological polar surface area (TPSA) is 68.2 Å². The van der Waals surface area contributed by atoms with Crippen LogP contribution in [0.3, 0.4) is 0 Å². The fraction of sp³-hybridized carbons (Fsp3) is 0.400. The molecular formula is C15H20N2O2. The number of carboxylic acid groups (broad SMARTS) is 1. The maximum absolute atomic E-state index is 10.6. The molecule has 0 bridgehead atoms. The SMILES string of the molecule is Cc1c(C)n(C)c2ccc(C(N)CCC(=O)O)cc12. The number of carbonyl (C=O) groups is 1. The number of nitrogens with zero attached hydrogens (tertiary/aromatic N) is 1. The Morgan fingerprint density at radius 2 is 2.11 bits per heavy atom. The third-order valence-corrected chi connectivity index (χ3v) is 3.93. The molecule has 2 rings (SSSR count). The van der Waals surface area contributed by atoms with Gasteiger partial charge in [-0.2, -0.15) is 0 Å². The number of hydrogen-bond acceptors (Lipinski definition) is 2. The molecule has 1 atom stereocenters. The molecule has 0 saturated carbocycles. The highest BCUT2D eigenvalue weighted by molar-refractivity contribution is 5.86. The number of fused-ring (bicyclic) bond motifs is 1. The fourth-order valence-electron chi connectivity index (χ4n) is 2.45. The third-order valence-electron chi connectivity index (χ3n) is 3.93. The minimum atomic E-state index is -0.803. The van der Waals surface area contributed by atoms with Crippen LogP contribution in [-0.4, -0.2) is 15.6 Å². The highest BCUT2D eigenvalue weighted by atomic mass is 16.4. The summed E-state index contributed by atoms with van der Waals surface area (Å²) in [6, 6.07) is 5.92. The fourth-order valence-corrected chi connectivity index (χ4v) is 2.45. The summed E-state index contributed by atoms with van der Waals surface area (Å²) in [4.78, 5) is 10.6. The Bertz CT molecular complexity index is 629. The Labute approximate surface area is 112 Å². The van der Waals surface area contributed by atoms with E-state index >= 15 is 0 Å². The van der Waals surface area contributed by atoms with E-state index in [4.69, 9.17) is 10.8 Å². The molecule has 19 heavy (non-hydrogen) atoms. The van der Waals surface area contributed by atoms with Gasteiger partial charge >= 0.3 is 5.97 Å². The highest BCUT2D eigenvalue weighted by Crippen LogP contribution is 2.27. The van der Waals surface area contributed by atoms with Crippen molar-refractivity contribution in [1.82, 2.24) is 4.57 Å². The van der Waals surface area contributed by atoms with E-state index in [1.807, 2.05) is 6.07 Å². The van der Waals surface area contributed by atoms with E-state index in [0.29, 0.717) is 6.42 Å². The van der Waals surface area contributed by atoms with E-state index in [9.17, 15) is 4.79 Å². The molecule has 102 valence electrons. The van der Waals surface area contributed by atoms with Crippen molar-refractivity contribution in [1.29, 1.82) is 0 Å². The molecule has 1 heterocycles. The number of rotatable bonds is 4. The molecule has 0 fully saturated rings. The van der Waals surface area contributed by atoms with Gasteiger partial charge in [-0.1, -0.05) is 6.07 Å². The molecule has 4 heteroatoms. The summed E-state index contributed by atoms with van der Waals surface area (Å²) in [5.74, 6) is -0.803. The normalized spacial score (nSPS) is 12.8. The Balaban J connectivity index is 2.36. The average Bonchev–Trinajstić information content (AvgIpc) is 2.61. The molecule has 3 N–H and O–H groups in total. The van der Waals surface area contributed by atoms with Crippen LogP contribution in [-0.2, 0) is 11.8 Å². The van der Waals surface area contributed by atoms with Crippen molar-refractivity contribution in [2.24, 2.45) is 12.8 Å². The van der Waals surface area contributed by atoms with Crippen LogP contribution in [0.4, 0.5) is 0 Å². The summed E-state index contributed by atoms with van der Waals surface area (Å²) in [7, 11) is 2.05. The maximum Gasteiger partial charge on any atom is 0.303 e. The number of aliphatic carboxylic acids is 1. The molecule has 1 unspecified atom stereocenters. The average molecular weight is 260 g/mol. The zero-order valence-corrected chi connectivity index (χ0v) is 11.6. The molecule has 0 amide bonds. The summed E-state index contributed by atoms with van der Waals surface area (Å²) in [6.45, 7) is 4.20. The van der Waals surface area contributed by atoms with Crippen LogP contribution in [0.5, 0.6) is 0 Å². The smallest absolute Gasteiger partial charge is 0.303 e. The number of aromatic nitrogens is 1. The van der Waals surface area contributed by atoms with Crippen LogP contribution in [0, 0.1) is 13.8 Å². The summed E-state index contributed by atoms with van der Waals surface area (Å²) in [5.41, 5.74) is 10.7. The maximum atomic E-state index is 10.6. The zero-order chi connectivity index (χ0) is 14.2. The summed E-state index contributed by atoms with van der Waals surface area (Å²) in [6.07, 6.45) is 0.567. The van der Waals surface area contributed by atoms with Crippen LogP contribution in [0.25, 0.3) is 10.9 Å². The Morgan fingerprint density at radius 3 is 2.74 bits per heavy atom. The van der Waals surface area contributed by atoms with Gasteiger partial charge in [-0.3, -0.25) is 4.79 Å². The van der Waals surface area contributed by atoms with Gasteiger partial charge in [0.05, 0.1) is 0 Å². The van der Waals surface area contributed by atoms with Gasteiger partial charge in [-0.15, -0.1) is 0 Å². The Hall–Kier alpha value is -1.81. The first-order chi connectivity index (χ1) is 8.91. The molecule has 1 aromatic heterocycles. The van der Waals surface area contributed by atoms with Crippen molar-refractivity contribution >= 4 is 16.9 Å². The Morgan fingerprint density at radius 1 is 1.42 bits per heavy atom. The van der Waals surface area contributed by atoms with Gasteiger partial charge in [0, 0.05) is 36.1 Å². The summed E-state index contributed by atoms with van der Waals surface area (Å²) in [5, 5.41) is 9.90. The van der Waals surface area contributed by atoms with Gasteiger partial charge in [0.2, 0.25) is 0 Å². The van der Waals surface area contributed by atoms with E-state index in [-0.39, 0.29) is 12.5 Å². The monoisotopic (exact) mass is 260 g/mol. The molecule has 0 aliphatic heterocycles. The standard InChI is InChI=1S/C15H20N2O2/c1-9-10(2)17(3)14-6-4-11(8-12(9)14)13(16)5-7-15(18)19/h4,6,8,13H,5,7,16H2,1-3H3,(H,18,19). The van der Waals surface area contributed by atoms with E-state index in [1.54, 1.807) is 0 Å². The molecule has 0 aliphatic carbocycles. The minimum absolute atomic E-state index is 0.103. The van der Waals surface area contributed by atoms with Crippen LogP contribution in [0.1, 0.15) is 35.7 Å². The van der Waals surface area contributed by atoms with Gasteiger partial charge in [0.15, 0.2) is 0 Å². The van der Waals surface area contributed by atoms with Crippen molar-refractivity contribution in [2.45, 2.75) is 32.7 Å². The van der Waals surface area contributed by atoms with Gasteiger partial charge in [-0.25, -0.2) is 0 Å². The second kappa shape index (κ2) is 5.05. The van der Waals surface area contributed by atoms with Crippen molar-refractivity contribution in [2.75, 3.05) is 0 Å². The number of carboxylic acids is 1. The van der Waals surface area contributed by atoms with Crippen molar-refractivity contribution < 1.29 is 9.90 Å². The van der Waals surface area contributed by atoms with Crippen molar-refractivity contribution in [3.8, 4) is 0 Å². The van der Waals surface area contributed by atoms with Crippen LogP contribution < -0.4 is 5.73 Å². The summed E-state index contributed by atoms with van der Waals surface area (Å²) >= 11 is 0. The molecule has 4 nitrogen and oxygen atoms in total. The van der Waals surface area contributed by atoms with Crippen molar-refractivity contribution in [3.63, 3.8) is 0 Å². The van der Waals surface area contributed by atoms with Crippen molar-refractivity contribution in [3.05, 3.63) is 35.0 Å². The van der Waals surface area contributed by atoms with Crippen LogP contribution >= 0.6 is 0 Å². The first kappa shape index (κ1) is 13.6. The number of nitrogens with two attached hydrogens (primary N) is 1. The van der Waals surface area contributed by atoms with E-state index in [0.717, 1.165) is 5.56 Å². The lowest BCUT2D eigenvalue weighted by atomic mass is 10.0. The van der Waals surface area contributed by atoms with E-state index in [2.05, 4.69) is 37.6 Å². The number of hydrogen-bond donors (Lipinski definition) is 2. The minimum Gasteiger partial charge on any atom is -0.481 e. The molecule has 0 aliphatic rings. The predicted octanol–water partition coefficient (Wildman–Crippen LogP) is 2.66. The molecule has 1 aromatic carbocycles. The van der Waals surface area contributed by atoms with Gasteiger partial charge in [0.25, 0.3) is 0 Å². The molecule has 0 spiro atoms. The lowest BCUT2D eigenvalue weighted by molar-refractivity contribution is -0.137. The van der Waals surface area contributed by atoms with E-state index in [1.165, 1.54) is 22.2 Å². The molecule has 2 aromatic rings. The van der Waals surface area contributed by atoms with Gasteiger partial charge in [0.1, 0.15) is 0 Å². The lowest BCUT2D eigenvalue weighted by Crippen LogP contribution is -2.12.